The number of amides is 1. The summed E-state index contributed by atoms with van der Waals surface area (Å²) in [7, 11) is 0. The lowest BCUT2D eigenvalue weighted by Gasteiger charge is -2.21. The second-order valence-electron chi connectivity index (χ2n) is 4.14. The monoisotopic (exact) mass is 291 g/mol. The average Bonchev–Trinajstić information content (AvgIpc) is 2.61. The summed E-state index contributed by atoms with van der Waals surface area (Å²) in [4.78, 5) is 11.6. The van der Waals surface area contributed by atoms with Gasteiger partial charge in [-0.05, 0) is 22.0 Å². The highest BCUT2D eigenvalue weighted by Crippen LogP contribution is 2.20. The third kappa shape index (κ3) is 3.93. The van der Waals surface area contributed by atoms with Gasteiger partial charge >= 0.3 is 0 Å². The van der Waals surface area contributed by atoms with Crippen LogP contribution in [0.2, 0.25) is 0 Å². The molecular formula is C10H14BrNO2S. The van der Waals surface area contributed by atoms with E-state index in [0.29, 0.717) is 12.1 Å². The Morgan fingerprint density at radius 2 is 2.33 bits per heavy atom. The Morgan fingerprint density at radius 3 is 2.80 bits per heavy atom. The summed E-state index contributed by atoms with van der Waals surface area (Å²) in [6, 6.07) is 1.78. The topological polar surface area (TPSA) is 49.3 Å². The molecule has 1 aromatic heterocycles. The predicted molar refractivity (Wildman–Crippen MR) is 65.2 cm³/mol. The van der Waals surface area contributed by atoms with E-state index in [1.54, 1.807) is 11.4 Å². The molecule has 1 rings (SSSR count). The van der Waals surface area contributed by atoms with Gasteiger partial charge in [0, 0.05) is 23.9 Å². The molecule has 0 fully saturated rings. The van der Waals surface area contributed by atoms with Crippen molar-refractivity contribution in [3.8, 4) is 0 Å². The SMILES string of the molecule is CC(C)(CO)CNC(=O)c1csc(Br)c1. The van der Waals surface area contributed by atoms with Crippen LogP contribution in [0.4, 0.5) is 0 Å². The molecule has 1 heterocycles. The van der Waals surface area contributed by atoms with Crippen molar-refractivity contribution in [3.05, 3.63) is 20.8 Å². The average molecular weight is 292 g/mol. The van der Waals surface area contributed by atoms with Gasteiger partial charge in [-0.2, -0.15) is 0 Å². The maximum atomic E-state index is 11.6. The van der Waals surface area contributed by atoms with Crippen molar-refractivity contribution < 1.29 is 9.90 Å². The number of carbonyl (C=O) groups excluding carboxylic acids is 1. The van der Waals surface area contributed by atoms with Gasteiger partial charge in [-0.15, -0.1) is 11.3 Å². The largest absolute Gasteiger partial charge is 0.396 e. The van der Waals surface area contributed by atoms with E-state index in [4.69, 9.17) is 5.11 Å². The van der Waals surface area contributed by atoms with Gasteiger partial charge in [-0.25, -0.2) is 0 Å². The first kappa shape index (κ1) is 12.7. The molecule has 0 saturated carbocycles. The van der Waals surface area contributed by atoms with Gasteiger partial charge in [-0.1, -0.05) is 13.8 Å². The van der Waals surface area contributed by atoms with Crippen molar-refractivity contribution in [2.45, 2.75) is 13.8 Å². The van der Waals surface area contributed by atoms with Crippen LogP contribution in [0.25, 0.3) is 0 Å². The molecular weight excluding hydrogens is 278 g/mol. The molecule has 2 N–H and O–H groups in total. The van der Waals surface area contributed by atoms with Gasteiger partial charge in [0.15, 0.2) is 0 Å². The highest BCUT2D eigenvalue weighted by Gasteiger charge is 2.18. The molecule has 15 heavy (non-hydrogen) atoms. The minimum absolute atomic E-state index is 0.0562. The minimum atomic E-state index is -0.275. The molecule has 0 unspecified atom stereocenters. The number of thiophene rings is 1. The number of hydrogen-bond donors (Lipinski definition) is 2. The Morgan fingerprint density at radius 1 is 1.67 bits per heavy atom. The molecule has 0 spiro atoms. The fraction of sp³-hybridized carbons (Fsp3) is 0.500. The van der Waals surface area contributed by atoms with Crippen LogP contribution >= 0.6 is 27.3 Å². The zero-order chi connectivity index (χ0) is 11.5. The van der Waals surface area contributed by atoms with Crippen LogP contribution in [0.3, 0.4) is 0 Å². The van der Waals surface area contributed by atoms with E-state index < -0.39 is 0 Å². The first-order chi connectivity index (χ1) is 6.94. The second kappa shape index (κ2) is 5.09. The standard InChI is InChI=1S/C10H14BrNO2S/c1-10(2,6-13)5-12-9(14)7-3-8(11)15-4-7/h3-4,13H,5-6H2,1-2H3,(H,12,14). The van der Waals surface area contributed by atoms with Crippen LogP contribution in [-0.2, 0) is 0 Å². The van der Waals surface area contributed by atoms with Crippen LogP contribution in [0.15, 0.2) is 15.2 Å². The molecule has 0 radical (unpaired) electrons. The van der Waals surface area contributed by atoms with Crippen molar-refractivity contribution in [1.82, 2.24) is 5.32 Å². The summed E-state index contributed by atoms with van der Waals surface area (Å²) in [6.07, 6.45) is 0. The molecule has 0 aliphatic heterocycles. The highest BCUT2D eigenvalue weighted by atomic mass is 79.9. The van der Waals surface area contributed by atoms with Crippen molar-refractivity contribution in [2.75, 3.05) is 13.2 Å². The zero-order valence-electron chi connectivity index (χ0n) is 8.71. The molecule has 1 aromatic rings. The van der Waals surface area contributed by atoms with E-state index in [1.165, 1.54) is 11.3 Å². The van der Waals surface area contributed by atoms with Crippen LogP contribution in [0, 0.1) is 5.41 Å². The summed E-state index contributed by atoms with van der Waals surface area (Å²) < 4.78 is 0.939. The van der Waals surface area contributed by atoms with E-state index in [2.05, 4.69) is 21.2 Å². The molecule has 0 bridgehead atoms. The highest BCUT2D eigenvalue weighted by molar-refractivity contribution is 9.11. The fourth-order valence-electron chi connectivity index (χ4n) is 0.907. The number of carbonyl (C=O) groups is 1. The van der Waals surface area contributed by atoms with Crippen molar-refractivity contribution in [1.29, 1.82) is 0 Å². The molecule has 0 saturated heterocycles. The Hall–Kier alpha value is -0.390. The number of aliphatic hydroxyl groups excluding tert-OH is 1. The summed E-state index contributed by atoms with van der Waals surface area (Å²) in [5.41, 5.74) is 0.378. The molecule has 0 aromatic carbocycles. The van der Waals surface area contributed by atoms with Gasteiger partial charge in [0.2, 0.25) is 0 Å². The van der Waals surface area contributed by atoms with Gasteiger partial charge in [0.25, 0.3) is 5.91 Å². The lowest BCUT2D eigenvalue weighted by molar-refractivity contribution is 0.0911. The Kier molecular flexibility index (Phi) is 4.31. The number of rotatable bonds is 4. The van der Waals surface area contributed by atoms with E-state index >= 15 is 0 Å². The molecule has 0 atom stereocenters. The second-order valence-corrected chi connectivity index (χ2v) is 6.43. The first-order valence-electron chi connectivity index (χ1n) is 4.58. The molecule has 0 aliphatic rings. The summed E-state index contributed by atoms with van der Waals surface area (Å²) in [5, 5.41) is 13.6. The maximum absolute atomic E-state index is 11.6. The summed E-state index contributed by atoms with van der Waals surface area (Å²) in [6.45, 7) is 4.32. The van der Waals surface area contributed by atoms with Crippen molar-refractivity contribution in [3.63, 3.8) is 0 Å². The molecule has 0 aliphatic carbocycles. The van der Waals surface area contributed by atoms with Crippen LogP contribution < -0.4 is 5.32 Å². The lowest BCUT2D eigenvalue weighted by atomic mass is 9.95. The van der Waals surface area contributed by atoms with Crippen LogP contribution in [0.1, 0.15) is 24.2 Å². The van der Waals surface area contributed by atoms with E-state index in [1.807, 2.05) is 13.8 Å². The number of halogens is 1. The Bertz CT molecular complexity index is 349. The third-order valence-corrected chi connectivity index (χ3v) is 3.49. The molecule has 3 nitrogen and oxygen atoms in total. The van der Waals surface area contributed by atoms with E-state index in [0.717, 1.165) is 3.79 Å². The van der Waals surface area contributed by atoms with Crippen molar-refractivity contribution in [2.24, 2.45) is 5.41 Å². The Labute approximate surface area is 102 Å². The Balaban J connectivity index is 2.50. The first-order valence-corrected chi connectivity index (χ1v) is 6.25. The number of hydrogen-bond acceptors (Lipinski definition) is 3. The van der Waals surface area contributed by atoms with Gasteiger partial charge in [-0.3, -0.25) is 4.79 Å². The fourth-order valence-corrected chi connectivity index (χ4v) is 2.04. The van der Waals surface area contributed by atoms with Gasteiger partial charge in [0.05, 0.1) is 9.35 Å². The van der Waals surface area contributed by atoms with Crippen LogP contribution in [-0.4, -0.2) is 24.2 Å². The predicted octanol–water partition coefficient (Wildman–Crippen LogP) is 2.26. The third-order valence-electron chi connectivity index (χ3n) is 1.99. The van der Waals surface area contributed by atoms with E-state index in [9.17, 15) is 4.79 Å². The summed E-state index contributed by atoms with van der Waals surface area (Å²) >= 11 is 4.78. The number of aliphatic hydroxyl groups is 1. The molecule has 5 heteroatoms. The van der Waals surface area contributed by atoms with Crippen LogP contribution in [0.5, 0.6) is 0 Å². The minimum Gasteiger partial charge on any atom is -0.396 e. The molecule has 84 valence electrons. The van der Waals surface area contributed by atoms with Crippen molar-refractivity contribution >= 4 is 33.2 Å². The zero-order valence-corrected chi connectivity index (χ0v) is 11.1. The van der Waals surface area contributed by atoms with E-state index in [-0.39, 0.29) is 17.9 Å². The number of nitrogens with one attached hydrogen (secondary N) is 1. The lowest BCUT2D eigenvalue weighted by Crippen LogP contribution is -2.35. The maximum Gasteiger partial charge on any atom is 0.252 e. The summed E-state index contributed by atoms with van der Waals surface area (Å²) in [5.74, 6) is -0.0986. The quantitative estimate of drug-likeness (QED) is 0.894. The smallest absolute Gasteiger partial charge is 0.252 e. The molecule has 1 amide bonds. The van der Waals surface area contributed by atoms with Gasteiger partial charge < -0.3 is 10.4 Å². The normalized spacial score (nSPS) is 11.5. The van der Waals surface area contributed by atoms with Gasteiger partial charge in [0.1, 0.15) is 0 Å².